The van der Waals surface area contributed by atoms with Crippen molar-refractivity contribution in [1.29, 1.82) is 0 Å². The first-order chi connectivity index (χ1) is 5.27. The maximum absolute atomic E-state index is 11.4. The minimum absolute atomic E-state index is 0.295. The zero-order valence-corrected chi connectivity index (χ0v) is 6.79. The fraction of sp³-hybridized carbons (Fsp3) is 1.00. The summed E-state index contributed by atoms with van der Waals surface area (Å²) in [7, 11) is 0. The van der Waals surface area contributed by atoms with E-state index in [9.17, 15) is 5.21 Å². The molecule has 5 heteroatoms. The molecule has 1 N–H and O–H groups in total. The number of nitrogens with zero attached hydrogens (tertiary/aromatic N) is 3. The van der Waals surface area contributed by atoms with Gasteiger partial charge in [-0.25, -0.2) is 5.43 Å². The van der Waals surface area contributed by atoms with E-state index >= 15 is 0 Å². The summed E-state index contributed by atoms with van der Waals surface area (Å²) in [6, 6.07) is 0. The average molecular weight is 158 g/mol. The van der Waals surface area contributed by atoms with Crippen molar-refractivity contribution in [2.45, 2.75) is 26.2 Å². The van der Waals surface area contributed by atoms with Crippen LogP contribution in [0, 0.1) is 5.21 Å². The van der Waals surface area contributed by atoms with Gasteiger partial charge < -0.3 is 5.21 Å². The van der Waals surface area contributed by atoms with Crippen molar-refractivity contribution in [2.75, 3.05) is 13.2 Å². The molecule has 0 aromatic carbocycles. The number of hydrogen-bond donors (Lipinski definition) is 1. The van der Waals surface area contributed by atoms with Crippen LogP contribution in [0.4, 0.5) is 0 Å². The lowest BCUT2D eigenvalue weighted by Crippen LogP contribution is -2.38. The highest BCUT2D eigenvalue weighted by Gasteiger charge is 2.20. The zero-order chi connectivity index (χ0) is 8.16. The molecule has 0 aromatic heterocycles. The van der Waals surface area contributed by atoms with E-state index < -0.39 is 4.76 Å². The van der Waals surface area contributed by atoms with Gasteiger partial charge in [0.05, 0.1) is 0 Å². The standard InChI is InChI=1S/C6H14N4O/c1-2-3-4-5-10(11)6-7-8-9-10/h2-6H2,1H3,(H,7,9). The number of hydrogen-bond acceptors (Lipinski definition) is 4. The Morgan fingerprint density at radius 2 is 2.36 bits per heavy atom. The predicted molar refractivity (Wildman–Crippen MR) is 40.9 cm³/mol. The van der Waals surface area contributed by atoms with Crippen molar-refractivity contribution in [3.63, 3.8) is 0 Å². The Balaban J connectivity index is 2.18. The first-order valence-electron chi connectivity index (χ1n) is 4.00. The molecule has 0 aliphatic carbocycles. The van der Waals surface area contributed by atoms with E-state index in [1.54, 1.807) is 0 Å². The van der Waals surface area contributed by atoms with Gasteiger partial charge in [-0.2, -0.15) is 4.76 Å². The number of rotatable bonds is 4. The second-order valence-corrected chi connectivity index (χ2v) is 2.78. The van der Waals surface area contributed by atoms with Crippen LogP contribution in [-0.2, 0) is 0 Å². The lowest BCUT2D eigenvalue weighted by Gasteiger charge is -2.28. The van der Waals surface area contributed by atoms with Crippen molar-refractivity contribution >= 4 is 0 Å². The lowest BCUT2D eigenvalue weighted by molar-refractivity contribution is -0.884. The summed E-state index contributed by atoms with van der Waals surface area (Å²) in [4.78, 5) is 0. The van der Waals surface area contributed by atoms with Gasteiger partial charge in [-0.1, -0.05) is 13.3 Å². The topological polar surface area (TPSA) is 59.8 Å². The molecule has 1 rings (SSSR count). The van der Waals surface area contributed by atoms with Crippen LogP contribution >= 0.6 is 0 Å². The Kier molecular flexibility index (Phi) is 2.78. The average Bonchev–Trinajstić information content (AvgIpc) is 2.38. The van der Waals surface area contributed by atoms with Gasteiger partial charge in [0.2, 0.25) is 0 Å². The lowest BCUT2D eigenvalue weighted by atomic mass is 10.2. The SMILES string of the molecule is CCCCC[N+]1([O-])CNN=N1. The van der Waals surface area contributed by atoms with Gasteiger partial charge in [0.1, 0.15) is 6.54 Å². The van der Waals surface area contributed by atoms with Crippen molar-refractivity contribution in [2.24, 2.45) is 10.4 Å². The molecular weight excluding hydrogens is 144 g/mol. The van der Waals surface area contributed by atoms with Crippen LogP contribution in [-0.4, -0.2) is 18.0 Å². The third-order valence-corrected chi connectivity index (χ3v) is 1.71. The second-order valence-electron chi connectivity index (χ2n) is 2.78. The number of nitrogens with one attached hydrogen (secondary N) is 1. The van der Waals surface area contributed by atoms with Crippen LogP contribution in [0.15, 0.2) is 10.4 Å². The summed E-state index contributed by atoms with van der Waals surface area (Å²) < 4.78 is -0.542. The van der Waals surface area contributed by atoms with Crippen LogP contribution in [0.1, 0.15) is 26.2 Å². The summed E-state index contributed by atoms with van der Waals surface area (Å²) in [5, 5.41) is 18.4. The van der Waals surface area contributed by atoms with Gasteiger partial charge in [-0.05, 0) is 18.1 Å². The monoisotopic (exact) mass is 158 g/mol. The third kappa shape index (κ3) is 2.44. The molecule has 0 spiro atoms. The highest BCUT2D eigenvalue weighted by Crippen LogP contribution is 2.11. The maximum Gasteiger partial charge on any atom is 0.194 e. The van der Waals surface area contributed by atoms with E-state index in [2.05, 4.69) is 22.8 Å². The molecule has 0 amide bonds. The molecule has 0 aromatic rings. The van der Waals surface area contributed by atoms with Gasteiger partial charge in [-0.3, -0.25) is 0 Å². The van der Waals surface area contributed by atoms with Crippen LogP contribution in [0.5, 0.6) is 0 Å². The number of quaternary nitrogens is 1. The molecule has 0 fully saturated rings. The minimum atomic E-state index is -0.542. The molecule has 1 heterocycles. The van der Waals surface area contributed by atoms with Gasteiger partial charge in [-0.15, -0.1) is 0 Å². The Bertz CT molecular complexity index is 150. The number of hydroxylamine groups is 2. The van der Waals surface area contributed by atoms with Gasteiger partial charge in [0.15, 0.2) is 6.67 Å². The Morgan fingerprint density at radius 1 is 1.55 bits per heavy atom. The Morgan fingerprint density at radius 3 is 2.91 bits per heavy atom. The van der Waals surface area contributed by atoms with Crippen LogP contribution < -0.4 is 5.43 Å². The minimum Gasteiger partial charge on any atom is -0.602 e. The first kappa shape index (κ1) is 8.42. The van der Waals surface area contributed by atoms with E-state index in [1.807, 2.05) is 0 Å². The molecule has 0 saturated heterocycles. The van der Waals surface area contributed by atoms with E-state index in [0.29, 0.717) is 13.2 Å². The summed E-state index contributed by atoms with van der Waals surface area (Å²) in [5.74, 6) is 0. The molecule has 1 atom stereocenters. The van der Waals surface area contributed by atoms with E-state index in [0.717, 1.165) is 19.3 Å². The van der Waals surface area contributed by atoms with Gasteiger partial charge in [0.25, 0.3) is 0 Å². The highest BCUT2D eigenvalue weighted by atomic mass is 16.6. The molecule has 0 saturated carbocycles. The molecule has 0 bridgehead atoms. The van der Waals surface area contributed by atoms with Crippen LogP contribution in [0.25, 0.3) is 0 Å². The summed E-state index contributed by atoms with van der Waals surface area (Å²) >= 11 is 0. The van der Waals surface area contributed by atoms with Crippen molar-refractivity contribution in [3.05, 3.63) is 5.21 Å². The number of unbranched alkanes of at least 4 members (excludes halogenated alkanes) is 2. The van der Waals surface area contributed by atoms with Crippen LogP contribution in [0.2, 0.25) is 0 Å². The molecule has 0 radical (unpaired) electrons. The van der Waals surface area contributed by atoms with Crippen LogP contribution in [0.3, 0.4) is 0 Å². The van der Waals surface area contributed by atoms with Gasteiger partial charge >= 0.3 is 0 Å². The molecule has 1 aliphatic rings. The molecule has 64 valence electrons. The summed E-state index contributed by atoms with van der Waals surface area (Å²) in [5.41, 5.74) is 2.56. The Hall–Kier alpha value is -0.680. The third-order valence-electron chi connectivity index (χ3n) is 1.71. The maximum atomic E-state index is 11.4. The first-order valence-corrected chi connectivity index (χ1v) is 4.00. The Labute approximate surface area is 66.2 Å². The van der Waals surface area contributed by atoms with E-state index in [1.165, 1.54) is 0 Å². The summed E-state index contributed by atoms with van der Waals surface area (Å²) in [6.45, 7) is 2.95. The highest BCUT2D eigenvalue weighted by molar-refractivity contribution is 4.42. The fourth-order valence-corrected chi connectivity index (χ4v) is 1.02. The van der Waals surface area contributed by atoms with Crippen molar-refractivity contribution < 1.29 is 4.76 Å². The van der Waals surface area contributed by atoms with Crippen molar-refractivity contribution in [3.8, 4) is 0 Å². The van der Waals surface area contributed by atoms with E-state index in [-0.39, 0.29) is 0 Å². The largest absolute Gasteiger partial charge is 0.602 e. The molecule has 1 aliphatic heterocycles. The fourth-order valence-electron chi connectivity index (χ4n) is 1.02. The summed E-state index contributed by atoms with van der Waals surface area (Å²) in [6.07, 6.45) is 3.16. The second kappa shape index (κ2) is 3.64. The predicted octanol–water partition coefficient (Wildman–Crippen LogP) is 1.33. The van der Waals surface area contributed by atoms with Crippen molar-refractivity contribution in [1.82, 2.24) is 5.43 Å². The quantitative estimate of drug-likeness (QED) is 0.381. The molecule has 1 unspecified atom stereocenters. The molecular formula is C6H14N4O. The molecule has 5 nitrogen and oxygen atoms in total. The zero-order valence-electron chi connectivity index (χ0n) is 6.79. The van der Waals surface area contributed by atoms with E-state index in [4.69, 9.17) is 0 Å². The molecule has 11 heavy (non-hydrogen) atoms. The normalized spacial score (nSPS) is 28.9. The smallest absolute Gasteiger partial charge is 0.194 e. The van der Waals surface area contributed by atoms with Gasteiger partial charge in [0, 0.05) is 5.22 Å².